The first-order valence-corrected chi connectivity index (χ1v) is 5.53. The number of rotatable bonds is 4. The largest absolute Gasteiger partial charge is 0.467 e. The third-order valence-corrected chi connectivity index (χ3v) is 2.96. The van der Waals surface area contributed by atoms with Gasteiger partial charge in [0, 0.05) is 0 Å². The lowest BCUT2D eigenvalue weighted by Crippen LogP contribution is -2.36. The number of carbonyl (C=O) groups is 2. The SMILES string of the molecule is COC(=O)C(O)CNC(=O)c1ccc(Cl)s1. The maximum absolute atomic E-state index is 11.5. The van der Waals surface area contributed by atoms with Gasteiger partial charge in [-0.25, -0.2) is 4.79 Å². The number of halogens is 1. The Kier molecular flexibility index (Phi) is 4.72. The minimum Gasteiger partial charge on any atom is -0.467 e. The molecule has 0 aromatic carbocycles. The van der Waals surface area contributed by atoms with E-state index in [2.05, 4.69) is 10.1 Å². The van der Waals surface area contributed by atoms with Gasteiger partial charge in [-0.2, -0.15) is 0 Å². The number of methoxy groups -OCH3 is 1. The molecule has 0 saturated carbocycles. The summed E-state index contributed by atoms with van der Waals surface area (Å²) in [5.74, 6) is -1.18. The number of carbonyl (C=O) groups excluding carboxylic acids is 2. The average Bonchev–Trinajstić information content (AvgIpc) is 2.71. The molecule has 0 saturated heterocycles. The number of amides is 1. The van der Waals surface area contributed by atoms with Crippen LogP contribution >= 0.6 is 22.9 Å². The van der Waals surface area contributed by atoms with Crippen molar-refractivity contribution in [3.05, 3.63) is 21.3 Å². The fourth-order valence-electron chi connectivity index (χ4n) is 0.932. The third kappa shape index (κ3) is 3.48. The average molecular weight is 264 g/mol. The lowest BCUT2D eigenvalue weighted by molar-refractivity contribution is -0.149. The minimum absolute atomic E-state index is 0.193. The van der Waals surface area contributed by atoms with Crippen molar-refractivity contribution in [2.75, 3.05) is 13.7 Å². The van der Waals surface area contributed by atoms with Gasteiger partial charge in [0.1, 0.15) is 0 Å². The zero-order valence-corrected chi connectivity index (χ0v) is 9.97. The second-order valence-electron chi connectivity index (χ2n) is 2.85. The van der Waals surface area contributed by atoms with Crippen LogP contribution < -0.4 is 5.32 Å². The van der Waals surface area contributed by atoms with Crippen molar-refractivity contribution in [2.45, 2.75) is 6.10 Å². The van der Waals surface area contributed by atoms with Crippen LogP contribution in [0.4, 0.5) is 0 Å². The molecule has 1 heterocycles. The summed E-state index contributed by atoms with van der Waals surface area (Å²) in [5, 5.41) is 11.6. The molecule has 1 amide bonds. The van der Waals surface area contributed by atoms with Crippen molar-refractivity contribution in [1.29, 1.82) is 0 Å². The molecule has 0 radical (unpaired) electrons. The second kappa shape index (κ2) is 5.83. The van der Waals surface area contributed by atoms with Crippen LogP contribution in [0.15, 0.2) is 12.1 Å². The number of hydrogen-bond donors (Lipinski definition) is 2. The highest BCUT2D eigenvalue weighted by Gasteiger charge is 2.17. The standard InChI is InChI=1S/C9H10ClNO4S/c1-15-9(14)5(12)4-11-8(13)6-2-3-7(10)16-6/h2-3,5,12H,4H2,1H3,(H,11,13). The number of aliphatic hydroxyl groups excluding tert-OH is 1. The van der Waals surface area contributed by atoms with Gasteiger partial charge in [-0.15, -0.1) is 11.3 Å². The second-order valence-corrected chi connectivity index (χ2v) is 4.57. The molecule has 5 nitrogen and oxygen atoms in total. The number of esters is 1. The fraction of sp³-hybridized carbons (Fsp3) is 0.333. The molecule has 1 atom stereocenters. The van der Waals surface area contributed by atoms with Crippen LogP contribution in [0.2, 0.25) is 4.34 Å². The monoisotopic (exact) mass is 263 g/mol. The van der Waals surface area contributed by atoms with E-state index in [1.54, 1.807) is 12.1 Å². The molecule has 7 heteroatoms. The summed E-state index contributed by atoms with van der Waals surface area (Å²) in [4.78, 5) is 22.7. The maximum Gasteiger partial charge on any atom is 0.336 e. The first-order chi connectivity index (χ1) is 7.54. The third-order valence-electron chi connectivity index (χ3n) is 1.73. The molecule has 1 aromatic rings. The van der Waals surface area contributed by atoms with Crippen LogP contribution in [0.5, 0.6) is 0 Å². The van der Waals surface area contributed by atoms with Gasteiger partial charge < -0.3 is 15.2 Å². The van der Waals surface area contributed by atoms with E-state index >= 15 is 0 Å². The van der Waals surface area contributed by atoms with Crippen LogP contribution in [-0.2, 0) is 9.53 Å². The van der Waals surface area contributed by atoms with Gasteiger partial charge in [0.2, 0.25) is 0 Å². The lowest BCUT2D eigenvalue weighted by atomic mass is 10.3. The van der Waals surface area contributed by atoms with Gasteiger partial charge >= 0.3 is 5.97 Å². The van der Waals surface area contributed by atoms with E-state index in [-0.39, 0.29) is 12.5 Å². The van der Waals surface area contributed by atoms with Gasteiger partial charge in [0.05, 0.1) is 22.9 Å². The molecule has 0 fully saturated rings. The summed E-state index contributed by atoms with van der Waals surface area (Å²) in [6, 6.07) is 3.16. The topological polar surface area (TPSA) is 75.6 Å². The molecular formula is C9H10ClNO4S. The molecule has 0 aliphatic carbocycles. The Morgan fingerprint density at radius 1 is 1.62 bits per heavy atom. The van der Waals surface area contributed by atoms with E-state index in [1.165, 1.54) is 0 Å². The Labute approximate surface area is 101 Å². The van der Waals surface area contributed by atoms with E-state index in [4.69, 9.17) is 11.6 Å². The smallest absolute Gasteiger partial charge is 0.336 e. The Morgan fingerprint density at radius 2 is 2.31 bits per heavy atom. The normalized spacial score (nSPS) is 11.9. The first kappa shape index (κ1) is 13.0. The molecular weight excluding hydrogens is 254 g/mol. The van der Waals surface area contributed by atoms with E-state index < -0.39 is 12.1 Å². The molecule has 2 N–H and O–H groups in total. The van der Waals surface area contributed by atoms with E-state index in [0.717, 1.165) is 18.4 Å². The summed E-state index contributed by atoms with van der Waals surface area (Å²) in [6.07, 6.45) is -1.36. The molecule has 1 aromatic heterocycles. The number of aliphatic hydroxyl groups is 1. The van der Waals surface area contributed by atoms with Gasteiger partial charge in [-0.1, -0.05) is 11.6 Å². The predicted molar refractivity (Wildman–Crippen MR) is 59.7 cm³/mol. The van der Waals surface area contributed by atoms with Crippen molar-refractivity contribution in [3.8, 4) is 0 Å². The Balaban J connectivity index is 2.44. The van der Waals surface area contributed by atoms with Crippen LogP contribution in [0.3, 0.4) is 0 Å². The number of thiophene rings is 1. The molecule has 1 rings (SSSR count). The van der Waals surface area contributed by atoms with Crippen molar-refractivity contribution in [2.24, 2.45) is 0 Å². The van der Waals surface area contributed by atoms with Crippen molar-refractivity contribution >= 4 is 34.8 Å². The summed E-state index contributed by atoms with van der Waals surface area (Å²) in [6.45, 7) is -0.193. The van der Waals surface area contributed by atoms with E-state index in [9.17, 15) is 14.7 Å². The summed E-state index contributed by atoms with van der Waals surface area (Å²) < 4.78 is 4.79. The number of hydrogen-bond acceptors (Lipinski definition) is 5. The number of ether oxygens (including phenoxy) is 1. The van der Waals surface area contributed by atoms with E-state index in [1.807, 2.05) is 0 Å². The highest BCUT2D eigenvalue weighted by atomic mass is 35.5. The molecule has 0 bridgehead atoms. The Morgan fingerprint density at radius 3 is 2.81 bits per heavy atom. The minimum atomic E-state index is -1.36. The van der Waals surface area contributed by atoms with Crippen LogP contribution in [0, 0.1) is 0 Å². The highest BCUT2D eigenvalue weighted by Crippen LogP contribution is 2.20. The highest BCUT2D eigenvalue weighted by molar-refractivity contribution is 7.17. The Bertz CT molecular complexity index is 393. The van der Waals surface area contributed by atoms with Gasteiger partial charge in [0.25, 0.3) is 5.91 Å². The van der Waals surface area contributed by atoms with Crippen LogP contribution in [0.25, 0.3) is 0 Å². The van der Waals surface area contributed by atoms with Crippen LogP contribution in [0.1, 0.15) is 9.67 Å². The van der Waals surface area contributed by atoms with E-state index in [0.29, 0.717) is 9.21 Å². The molecule has 1 unspecified atom stereocenters. The molecule has 0 spiro atoms. The van der Waals surface area contributed by atoms with Crippen molar-refractivity contribution < 1.29 is 19.4 Å². The van der Waals surface area contributed by atoms with Crippen molar-refractivity contribution in [1.82, 2.24) is 5.32 Å². The predicted octanol–water partition coefficient (Wildman–Crippen LogP) is 0.665. The fourth-order valence-corrected chi connectivity index (χ4v) is 1.89. The lowest BCUT2D eigenvalue weighted by Gasteiger charge is -2.08. The van der Waals surface area contributed by atoms with Gasteiger partial charge in [-0.3, -0.25) is 4.79 Å². The summed E-state index contributed by atoms with van der Waals surface area (Å²) in [7, 11) is 1.16. The molecule has 0 aliphatic rings. The molecule has 88 valence electrons. The number of nitrogens with one attached hydrogen (secondary N) is 1. The zero-order chi connectivity index (χ0) is 12.1. The Hall–Kier alpha value is -1.11. The summed E-state index contributed by atoms with van der Waals surface area (Å²) in [5.41, 5.74) is 0. The van der Waals surface area contributed by atoms with Gasteiger partial charge in [0.15, 0.2) is 6.10 Å². The summed E-state index contributed by atoms with van der Waals surface area (Å²) >= 11 is 6.77. The van der Waals surface area contributed by atoms with Crippen LogP contribution in [-0.4, -0.2) is 36.7 Å². The van der Waals surface area contributed by atoms with Crippen molar-refractivity contribution in [3.63, 3.8) is 0 Å². The maximum atomic E-state index is 11.5. The first-order valence-electron chi connectivity index (χ1n) is 4.34. The van der Waals surface area contributed by atoms with Gasteiger partial charge in [-0.05, 0) is 12.1 Å². The zero-order valence-electron chi connectivity index (χ0n) is 8.40. The molecule has 16 heavy (non-hydrogen) atoms. The molecule has 0 aliphatic heterocycles. The quantitative estimate of drug-likeness (QED) is 0.783.